The number of carbonyl (C=O) groups is 4. The number of carbonyl (C=O) groups excluding carboxylic acids is 4. The molecule has 0 aromatic heterocycles. The molecule has 2 atom stereocenters. The predicted octanol–water partition coefficient (Wildman–Crippen LogP) is 3.07. The molecule has 0 spiro atoms. The van der Waals surface area contributed by atoms with Gasteiger partial charge in [-0.3, -0.25) is 29.4 Å². The van der Waals surface area contributed by atoms with E-state index >= 15 is 0 Å². The van der Waals surface area contributed by atoms with Crippen molar-refractivity contribution in [2.45, 2.75) is 24.9 Å². The molecule has 1 aromatic rings. The van der Waals surface area contributed by atoms with Crippen LogP contribution in [0.4, 0.5) is 5.69 Å². The summed E-state index contributed by atoms with van der Waals surface area (Å²) in [4.78, 5) is 58.3. The second-order valence-electron chi connectivity index (χ2n) is 7.52. The lowest BCUT2D eigenvalue weighted by molar-refractivity contribution is -0.384. The van der Waals surface area contributed by atoms with Crippen LogP contribution in [0.25, 0.3) is 11.1 Å². The van der Waals surface area contributed by atoms with Gasteiger partial charge >= 0.3 is 5.97 Å². The number of esters is 1. The molecule has 1 heterocycles. The lowest BCUT2D eigenvalue weighted by atomic mass is 10.1. The van der Waals surface area contributed by atoms with E-state index in [4.69, 9.17) is 4.74 Å². The van der Waals surface area contributed by atoms with Gasteiger partial charge in [0.25, 0.3) is 11.6 Å². The van der Waals surface area contributed by atoms with Crippen LogP contribution in [0.5, 0.6) is 0 Å². The van der Waals surface area contributed by atoms with Crippen LogP contribution in [0, 0.1) is 10.1 Å². The molecule has 4 rings (SSSR count). The number of alkyl halides is 1. The number of ether oxygens (including phenoxy) is 1. The Morgan fingerprint density at radius 3 is 2.33 bits per heavy atom. The first-order chi connectivity index (χ1) is 17.2. The van der Waals surface area contributed by atoms with E-state index in [0.717, 1.165) is 4.90 Å². The third kappa shape index (κ3) is 6.29. The summed E-state index contributed by atoms with van der Waals surface area (Å²) in [5.41, 5.74) is 3.14. The second kappa shape index (κ2) is 11.8. The molecule has 1 fully saturated rings. The molecule has 0 bridgehead atoms. The topological polar surface area (TPSA) is 156 Å². The number of aliphatic hydroxyl groups is 1. The zero-order chi connectivity index (χ0) is 26.4. The fourth-order valence-electron chi connectivity index (χ4n) is 3.28. The molecule has 1 aromatic carbocycles. The summed E-state index contributed by atoms with van der Waals surface area (Å²) in [7, 11) is 0. The number of allylic oxidation sites excluding steroid dienone is 1. The van der Waals surface area contributed by atoms with Crippen LogP contribution >= 0.6 is 27.7 Å². The van der Waals surface area contributed by atoms with Crippen LogP contribution in [-0.4, -0.2) is 55.1 Å². The standard InChI is InChI=1S/C17H16BrN3O8S.C6H4/c1-9(23)19-13-15(25)20(16(13)30-8-22)14(12(24)6-18)17(26)29-7-10-2-4-11(5-3-10)21(27)28;1-2-5-4-6(5)3-1/h2-5,8,13,16,24H,6-7H2,1H3,(H,19,23);1-4H. The van der Waals surface area contributed by atoms with Crippen molar-refractivity contribution in [2.75, 3.05) is 5.33 Å². The van der Waals surface area contributed by atoms with Crippen LogP contribution in [0.2, 0.25) is 0 Å². The Labute approximate surface area is 217 Å². The number of nitro groups is 1. The number of nitrogens with zero attached hydrogens (tertiary/aromatic N) is 2. The zero-order valence-corrected chi connectivity index (χ0v) is 21.2. The summed E-state index contributed by atoms with van der Waals surface area (Å²) in [5.74, 6) is -2.74. The third-order valence-corrected chi connectivity index (χ3v) is 6.46. The number of hydrogen-bond acceptors (Lipinski definition) is 9. The number of hydrogen-bond donors (Lipinski definition) is 2. The fourth-order valence-corrected chi connectivity index (χ4v) is 4.33. The lowest BCUT2D eigenvalue weighted by Crippen LogP contribution is -2.69. The number of amides is 2. The zero-order valence-electron chi connectivity index (χ0n) is 18.8. The van der Waals surface area contributed by atoms with Gasteiger partial charge in [-0.2, -0.15) is 0 Å². The highest BCUT2D eigenvalue weighted by molar-refractivity contribution is 9.09. The van der Waals surface area contributed by atoms with Crippen molar-refractivity contribution in [3.05, 3.63) is 75.7 Å². The van der Waals surface area contributed by atoms with E-state index in [1.54, 1.807) is 0 Å². The number of nitro benzene ring substituents is 1. The molecule has 0 saturated carbocycles. The van der Waals surface area contributed by atoms with E-state index in [1.165, 1.54) is 42.3 Å². The Morgan fingerprint density at radius 2 is 1.89 bits per heavy atom. The molecule has 2 amide bonds. The van der Waals surface area contributed by atoms with Gasteiger partial charge in [-0.1, -0.05) is 45.9 Å². The van der Waals surface area contributed by atoms with Crippen molar-refractivity contribution in [2.24, 2.45) is 0 Å². The minimum Gasteiger partial charge on any atom is -0.509 e. The molecule has 11 nitrogen and oxygen atoms in total. The molecule has 188 valence electrons. The Bertz CT molecular complexity index is 1220. The maximum atomic E-state index is 12.6. The van der Waals surface area contributed by atoms with E-state index in [2.05, 4.69) is 45.5 Å². The van der Waals surface area contributed by atoms with Gasteiger partial charge in [-0.25, -0.2) is 4.79 Å². The van der Waals surface area contributed by atoms with Crippen molar-refractivity contribution in [3.8, 4) is 11.1 Å². The number of nitrogens with one attached hydrogen (secondary N) is 1. The summed E-state index contributed by atoms with van der Waals surface area (Å²) < 4.78 is 5.14. The molecular formula is C23H20BrN3O8S. The first-order valence-corrected chi connectivity index (χ1v) is 12.4. The number of non-ortho nitro benzene ring substituents is 1. The number of likely N-dealkylation sites (tertiary alicyclic amines) is 1. The molecule has 2 unspecified atom stereocenters. The highest BCUT2D eigenvalue weighted by Gasteiger charge is 2.52. The van der Waals surface area contributed by atoms with Gasteiger partial charge in [0, 0.05) is 19.1 Å². The van der Waals surface area contributed by atoms with Gasteiger partial charge in [0.1, 0.15) is 23.8 Å². The van der Waals surface area contributed by atoms with Gasteiger partial charge in [0.2, 0.25) is 5.91 Å². The molecule has 2 N–H and O–H groups in total. The average Bonchev–Trinajstić information content (AvgIpc) is 3.47. The molecule has 0 radical (unpaired) electrons. The first-order valence-electron chi connectivity index (χ1n) is 10.4. The molecular weight excluding hydrogens is 558 g/mol. The Balaban J connectivity index is 0.000000513. The normalized spacial score (nSPS) is 17.5. The smallest absolute Gasteiger partial charge is 0.358 e. The van der Waals surface area contributed by atoms with Crippen LogP contribution in [0.15, 0.2) is 60.0 Å². The van der Waals surface area contributed by atoms with Crippen molar-refractivity contribution in [3.63, 3.8) is 0 Å². The first kappa shape index (κ1) is 26.9. The van der Waals surface area contributed by atoms with E-state index in [1.807, 2.05) is 0 Å². The molecule has 36 heavy (non-hydrogen) atoms. The Hall–Kier alpha value is -3.71. The summed E-state index contributed by atoms with van der Waals surface area (Å²) in [6.45, 7) is 0.919. The number of aliphatic hydroxyl groups excluding tert-OH is 1. The maximum absolute atomic E-state index is 12.6. The average molecular weight is 578 g/mol. The number of rotatable bonds is 9. The molecule has 2 aliphatic carbocycles. The predicted molar refractivity (Wildman–Crippen MR) is 134 cm³/mol. The van der Waals surface area contributed by atoms with Gasteiger partial charge < -0.3 is 15.2 Å². The number of benzene rings is 2. The highest BCUT2D eigenvalue weighted by Crippen LogP contribution is 2.34. The maximum Gasteiger partial charge on any atom is 0.358 e. The van der Waals surface area contributed by atoms with Crippen molar-refractivity contribution < 1.29 is 33.9 Å². The molecule has 3 aliphatic rings. The van der Waals surface area contributed by atoms with E-state index in [0.29, 0.717) is 22.9 Å². The van der Waals surface area contributed by atoms with Crippen molar-refractivity contribution in [1.29, 1.82) is 0 Å². The highest BCUT2D eigenvalue weighted by atomic mass is 79.9. The van der Waals surface area contributed by atoms with Crippen molar-refractivity contribution >= 4 is 56.8 Å². The largest absolute Gasteiger partial charge is 0.509 e. The SMILES string of the molecule is CC(=O)NC1C(=O)N(C(C(=O)OCc2ccc([N+](=O)[O-])cc2)=C(O)CBr)C1SC=O.c1cc2cc-2c1. The Kier molecular flexibility index (Phi) is 8.83. The summed E-state index contributed by atoms with van der Waals surface area (Å²) in [6, 6.07) is 12.7. The number of halogens is 1. The van der Waals surface area contributed by atoms with Crippen LogP contribution in [0.1, 0.15) is 12.5 Å². The summed E-state index contributed by atoms with van der Waals surface area (Å²) in [5, 5.41) is 22.1. The molecule has 13 heteroatoms. The number of thioether (sulfide) groups is 1. The van der Waals surface area contributed by atoms with E-state index < -0.39 is 45.6 Å². The monoisotopic (exact) mass is 577 g/mol. The molecule has 1 aliphatic heterocycles. The molecule has 1 saturated heterocycles. The van der Waals surface area contributed by atoms with E-state index in [-0.39, 0.29) is 17.6 Å². The van der Waals surface area contributed by atoms with Gasteiger partial charge in [0.05, 0.1) is 10.3 Å². The lowest BCUT2D eigenvalue weighted by Gasteiger charge is -2.45. The third-order valence-electron chi connectivity index (χ3n) is 5.06. The van der Waals surface area contributed by atoms with Crippen LogP contribution in [-0.2, 0) is 30.5 Å². The fraction of sp³-hybridized carbons (Fsp3) is 0.217. The van der Waals surface area contributed by atoms with Crippen LogP contribution in [0.3, 0.4) is 0 Å². The van der Waals surface area contributed by atoms with Gasteiger partial charge in [-0.15, -0.1) is 0 Å². The summed E-state index contributed by atoms with van der Waals surface area (Å²) in [6.07, 6.45) is 0. The minimum absolute atomic E-state index is 0.133. The van der Waals surface area contributed by atoms with E-state index in [9.17, 15) is 34.4 Å². The Morgan fingerprint density at radius 1 is 1.25 bits per heavy atom. The second-order valence-corrected chi connectivity index (χ2v) is 9.03. The van der Waals surface area contributed by atoms with Crippen molar-refractivity contribution in [1.82, 2.24) is 10.2 Å². The number of fused-ring (bicyclic) bond motifs is 1. The quantitative estimate of drug-likeness (QED) is 0.0570. The summed E-state index contributed by atoms with van der Waals surface area (Å²) >= 11 is 3.64. The van der Waals surface area contributed by atoms with Gasteiger partial charge in [-0.05, 0) is 34.9 Å². The van der Waals surface area contributed by atoms with Crippen LogP contribution < -0.4 is 5.32 Å². The number of β-lactam (4-membered cyclic amide) rings is 1. The van der Waals surface area contributed by atoms with Gasteiger partial charge in [0.15, 0.2) is 11.3 Å². The minimum atomic E-state index is -1.04.